The summed E-state index contributed by atoms with van der Waals surface area (Å²) < 4.78 is 12.0. The topological polar surface area (TPSA) is 94.3 Å². The Morgan fingerprint density at radius 2 is 1.92 bits per heavy atom. The van der Waals surface area contributed by atoms with E-state index < -0.39 is 0 Å². The van der Waals surface area contributed by atoms with Gasteiger partial charge in [0.1, 0.15) is 5.82 Å². The molecule has 1 aromatic carbocycles. The Balaban J connectivity index is 1.90. The van der Waals surface area contributed by atoms with Crippen molar-refractivity contribution in [2.75, 3.05) is 20.0 Å². The number of nitrogens with zero attached hydrogens (tertiary/aromatic N) is 1. The lowest BCUT2D eigenvalue weighted by molar-refractivity contribution is 0.355. The highest BCUT2D eigenvalue weighted by Gasteiger charge is 2.20. The molecule has 0 aliphatic heterocycles. The molecule has 0 unspecified atom stereocenters. The monoisotopic (exact) mass is 376 g/mol. The van der Waals surface area contributed by atoms with E-state index in [4.69, 9.17) is 27.4 Å². The van der Waals surface area contributed by atoms with E-state index in [1.165, 1.54) is 23.9 Å². The SMILES string of the molecule is COc1ccc(-c2c(N)n(C(=S)NC3CCCCC3)[nH]c2=O)cc1OC. The van der Waals surface area contributed by atoms with Gasteiger partial charge in [-0.1, -0.05) is 25.3 Å². The quantitative estimate of drug-likeness (QED) is 0.710. The van der Waals surface area contributed by atoms with Crippen LogP contribution in [0.15, 0.2) is 23.0 Å². The number of nitrogen functional groups attached to an aromatic ring is 1. The molecule has 2 aromatic rings. The first-order valence-electron chi connectivity index (χ1n) is 8.69. The molecule has 0 bridgehead atoms. The van der Waals surface area contributed by atoms with E-state index in [2.05, 4.69) is 10.4 Å². The van der Waals surface area contributed by atoms with Crippen molar-refractivity contribution in [2.24, 2.45) is 0 Å². The van der Waals surface area contributed by atoms with Crippen LogP contribution < -0.4 is 26.1 Å². The number of hydrogen-bond acceptors (Lipinski definition) is 5. The molecule has 1 aromatic heterocycles. The van der Waals surface area contributed by atoms with Crippen LogP contribution in [0.5, 0.6) is 11.5 Å². The van der Waals surface area contributed by atoms with Crippen molar-refractivity contribution in [3.8, 4) is 22.6 Å². The summed E-state index contributed by atoms with van der Waals surface area (Å²) >= 11 is 5.46. The average molecular weight is 376 g/mol. The van der Waals surface area contributed by atoms with E-state index in [9.17, 15) is 4.79 Å². The predicted molar refractivity (Wildman–Crippen MR) is 106 cm³/mol. The van der Waals surface area contributed by atoms with E-state index in [0.717, 1.165) is 12.8 Å². The highest BCUT2D eigenvalue weighted by molar-refractivity contribution is 7.80. The van der Waals surface area contributed by atoms with Crippen LogP contribution in [0.2, 0.25) is 0 Å². The zero-order valence-electron chi connectivity index (χ0n) is 15.0. The van der Waals surface area contributed by atoms with E-state index >= 15 is 0 Å². The summed E-state index contributed by atoms with van der Waals surface area (Å²) in [5.41, 5.74) is 6.93. The first-order chi connectivity index (χ1) is 12.5. The van der Waals surface area contributed by atoms with Crippen LogP contribution in [0.3, 0.4) is 0 Å². The molecular formula is C18H24N4O3S. The van der Waals surface area contributed by atoms with Gasteiger partial charge in [0.15, 0.2) is 16.6 Å². The largest absolute Gasteiger partial charge is 0.493 e. The van der Waals surface area contributed by atoms with Crippen LogP contribution in [0.4, 0.5) is 5.82 Å². The van der Waals surface area contributed by atoms with Crippen molar-refractivity contribution in [1.82, 2.24) is 15.1 Å². The maximum Gasteiger partial charge on any atom is 0.274 e. The Labute approximate surface area is 157 Å². The van der Waals surface area contributed by atoms with Crippen LogP contribution >= 0.6 is 12.2 Å². The number of nitrogens with one attached hydrogen (secondary N) is 2. The summed E-state index contributed by atoms with van der Waals surface area (Å²) in [5.74, 6) is 1.38. The third-order valence-electron chi connectivity index (χ3n) is 4.75. The molecular weight excluding hydrogens is 352 g/mol. The summed E-state index contributed by atoms with van der Waals surface area (Å²) in [6, 6.07) is 5.56. The van der Waals surface area contributed by atoms with Crippen molar-refractivity contribution in [2.45, 2.75) is 38.1 Å². The third-order valence-corrected chi connectivity index (χ3v) is 5.05. The molecule has 0 atom stereocenters. The Morgan fingerprint density at radius 1 is 1.23 bits per heavy atom. The van der Waals surface area contributed by atoms with Crippen molar-refractivity contribution in [3.63, 3.8) is 0 Å². The molecule has 26 heavy (non-hydrogen) atoms. The van der Waals surface area contributed by atoms with E-state index in [0.29, 0.717) is 33.8 Å². The lowest BCUT2D eigenvalue weighted by Crippen LogP contribution is -2.39. The fourth-order valence-corrected chi connectivity index (χ4v) is 3.67. The minimum absolute atomic E-state index is 0.274. The van der Waals surface area contributed by atoms with Gasteiger partial charge in [-0.3, -0.25) is 9.89 Å². The number of aromatic nitrogens is 2. The van der Waals surface area contributed by atoms with Gasteiger partial charge in [0.25, 0.3) is 5.56 Å². The highest BCUT2D eigenvalue weighted by atomic mass is 32.1. The lowest BCUT2D eigenvalue weighted by Gasteiger charge is -2.24. The maximum atomic E-state index is 12.5. The lowest BCUT2D eigenvalue weighted by atomic mass is 9.96. The molecule has 4 N–H and O–H groups in total. The number of methoxy groups -OCH3 is 2. The molecule has 8 heteroatoms. The minimum Gasteiger partial charge on any atom is -0.493 e. The van der Waals surface area contributed by atoms with Gasteiger partial charge >= 0.3 is 0 Å². The summed E-state index contributed by atoms with van der Waals surface area (Å²) in [5, 5.41) is 6.45. The summed E-state index contributed by atoms with van der Waals surface area (Å²) in [4.78, 5) is 12.5. The summed E-state index contributed by atoms with van der Waals surface area (Å²) in [6.07, 6.45) is 5.79. The summed E-state index contributed by atoms with van der Waals surface area (Å²) in [7, 11) is 3.11. The van der Waals surface area contributed by atoms with Gasteiger partial charge in [-0.2, -0.15) is 0 Å². The molecule has 0 spiro atoms. The number of H-pyrrole nitrogens is 1. The van der Waals surface area contributed by atoms with Gasteiger partial charge in [0.2, 0.25) is 0 Å². The third kappa shape index (κ3) is 3.55. The smallest absolute Gasteiger partial charge is 0.274 e. The number of hydrogen-bond donors (Lipinski definition) is 3. The molecule has 1 aliphatic rings. The molecule has 1 heterocycles. The van der Waals surface area contributed by atoms with Crippen LogP contribution in [-0.2, 0) is 0 Å². The number of ether oxygens (including phenoxy) is 2. The molecule has 1 fully saturated rings. The molecule has 1 aliphatic carbocycles. The van der Waals surface area contributed by atoms with Gasteiger partial charge < -0.3 is 20.5 Å². The average Bonchev–Trinajstić information content (AvgIpc) is 2.96. The zero-order chi connectivity index (χ0) is 18.7. The number of rotatable bonds is 4. The number of thiocarbonyl (C=S) groups is 1. The maximum absolute atomic E-state index is 12.5. The second-order valence-electron chi connectivity index (χ2n) is 6.39. The second-order valence-corrected chi connectivity index (χ2v) is 6.78. The number of anilines is 1. The van der Waals surface area contributed by atoms with E-state index in [1.54, 1.807) is 32.4 Å². The molecule has 140 valence electrons. The van der Waals surface area contributed by atoms with Gasteiger partial charge in [-0.15, -0.1) is 0 Å². The molecule has 0 radical (unpaired) electrons. The summed E-state index contributed by atoms with van der Waals surface area (Å²) in [6.45, 7) is 0. The molecule has 0 saturated heterocycles. The first-order valence-corrected chi connectivity index (χ1v) is 9.09. The van der Waals surface area contributed by atoms with Gasteiger partial charge in [-0.05, 0) is 42.8 Å². The van der Waals surface area contributed by atoms with Gasteiger partial charge in [0, 0.05) is 6.04 Å². The van der Waals surface area contributed by atoms with Gasteiger partial charge in [-0.25, -0.2) is 4.68 Å². The number of benzene rings is 1. The molecule has 7 nitrogen and oxygen atoms in total. The molecule has 3 rings (SSSR count). The standard InChI is InChI=1S/C18H24N4O3S/c1-24-13-9-8-11(10-14(13)25-2)15-16(19)22(21-17(15)23)18(26)20-12-6-4-3-5-7-12/h8-10,12H,3-7,19H2,1-2H3,(H,20,26)(H,21,23). The fourth-order valence-electron chi connectivity index (χ4n) is 3.36. The normalized spacial score (nSPS) is 14.8. The number of nitrogens with two attached hydrogens (primary N) is 1. The minimum atomic E-state index is -0.303. The predicted octanol–water partition coefficient (Wildman–Crippen LogP) is 2.50. The second kappa shape index (κ2) is 7.82. The van der Waals surface area contributed by atoms with Crippen LogP contribution in [-0.4, -0.2) is 35.2 Å². The highest BCUT2D eigenvalue weighted by Crippen LogP contribution is 2.33. The fraction of sp³-hybridized carbons (Fsp3) is 0.444. The molecule has 1 saturated carbocycles. The van der Waals surface area contributed by atoms with Crippen molar-refractivity contribution in [3.05, 3.63) is 28.6 Å². The first kappa shape index (κ1) is 18.3. The van der Waals surface area contributed by atoms with Crippen LogP contribution in [0.1, 0.15) is 32.1 Å². The van der Waals surface area contributed by atoms with Crippen molar-refractivity contribution in [1.29, 1.82) is 0 Å². The Hall–Kier alpha value is -2.48. The van der Waals surface area contributed by atoms with Crippen LogP contribution in [0.25, 0.3) is 11.1 Å². The van der Waals surface area contributed by atoms with E-state index in [-0.39, 0.29) is 11.4 Å². The Morgan fingerprint density at radius 3 is 2.58 bits per heavy atom. The van der Waals surface area contributed by atoms with Crippen LogP contribution in [0, 0.1) is 0 Å². The molecule has 0 amide bonds. The van der Waals surface area contributed by atoms with Crippen molar-refractivity contribution < 1.29 is 9.47 Å². The van der Waals surface area contributed by atoms with E-state index in [1.807, 2.05) is 0 Å². The van der Waals surface area contributed by atoms with Crippen molar-refractivity contribution >= 4 is 23.1 Å². The zero-order valence-corrected chi connectivity index (χ0v) is 15.8. The Bertz CT molecular complexity index is 853. The number of aromatic amines is 1. The Kier molecular flexibility index (Phi) is 5.51. The van der Waals surface area contributed by atoms with Gasteiger partial charge in [0.05, 0.1) is 19.8 Å².